The average molecular weight is 407 g/mol. The van der Waals surface area contributed by atoms with Gasteiger partial charge in [-0.05, 0) is 38.3 Å². The quantitative estimate of drug-likeness (QED) is 0.737. The van der Waals surface area contributed by atoms with Gasteiger partial charge in [-0.2, -0.15) is 0 Å². The van der Waals surface area contributed by atoms with Gasteiger partial charge in [0, 0.05) is 12.0 Å². The fourth-order valence-electron chi connectivity index (χ4n) is 3.16. The maximum Gasteiger partial charge on any atom is 0.233 e. The van der Waals surface area contributed by atoms with Crippen LogP contribution in [0, 0.1) is 0 Å². The second kappa shape index (κ2) is 7.27. The molecule has 2 aliphatic rings. The largest absolute Gasteiger partial charge is 0.351 e. The van der Waals surface area contributed by atoms with Gasteiger partial charge in [-0.1, -0.05) is 30.0 Å². The standard InChI is InChI=1S/C18H22N4O3S2/c1-12(17(23)19-14-9-10-27(24,25)11-14)26-18-20-16(13-7-8-13)22(21-18)15-5-3-2-4-6-15/h2-6,12-14H,7-11H2,1H3,(H,19,23)/t12-,14+/m0/s1. The molecule has 1 aliphatic carbocycles. The van der Waals surface area contributed by atoms with E-state index in [-0.39, 0.29) is 23.5 Å². The predicted octanol–water partition coefficient (Wildman–Crippen LogP) is 1.93. The number of thioether (sulfide) groups is 1. The Labute approximate surface area is 162 Å². The van der Waals surface area contributed by atoms with Crippen molar-refractivity contribution < 1.29 is 13.2 Å². The predicted molar refractivity (Wildman–Crippen MR) is 104 cm³/mol. The zero-order valence-corrected chi connectivity index (χ0v) is 16.7. The van der Waals surface area contributed by atoms with Gasteiger partial charge in [0.05, 0.1) is 22.4 Å². The molecule has 27 heavy (non-hydrogen) atoms. The molecule has 144 valence electrons. The Morgan fingerprint density at radius 3 is 2.63 bits per heavy atom. The molecule has 0 spiro atoms. The van der Waals surface area contributed by atoms with Crippen LogP contribution < -0.4 is 5.32 Å². The Balaban J connectivity index is 1.45. The molecule has 2 aromatic rings. The summed E-state index contributed by atoms with van der Waals surface area (Å²) in [7, 11) is -3.01. The van der Waals surface area contributed by atoms with Gasteiger partial charge in [0.1, 0.15) is 5.82 Å². The van der Waals surface area contributed by atoms with Gasteiger partial charge in [0.2, 0.25) is 11.1 Å². The van der Waals surface area contributed by atoms with E-state index >= 15 is 0 Å². The summed E-state index contributed by atoms with van der Waals surface area (Å²) >= 11 is 1.31. The molecule has 0 radical (unpaired) electrons. The van der Waals surface area contributed by atoms with E-state index in [0.29, 0.717) is 17.5 Å². The summed E-state index contributed by atoms with van der Waals surface area (Å²) in [5.41, 5.74) is 0.965. The van der Waals surface area contributed by atoms with Crippen LogP contribution in [0.2, 0.25) is 0 Å². The van der Waals surface area contributed by atoms with Gasteiger partial charge in [0.25, 0.3) is 0 Å². The molecule has 1 aromatic heterocycles. The number of hydrogen-bond donors (Lipinski definition) is 1. The van der Waals surface area contributed by atoms with Crippen molar-refractivity contribution in [3.8, 4) is 5.69 Å². The van der Waals surface area contributed by atoms with Crippen molar-refractivity contribution in [3.63, 3.8) is 0 Å². The van der Waals surface area contributed by atoms with E-state index in [1.54, 1.807) is 6.92 Å². The lowest BCUT2D eigenvalue weighted by Crippen LogP contribution is -2.39. The van der Waals surface area contributed by atoms with E-state index in [2.05, 4.69) is 15.4 Å². The molecule has 1 amide bonds. The van der Waals surface area contributed by atoms with Crippen molar-refractivity contribution in [1.82, 2.24) is 20.1 Å². The first-order valence-corrected chi connectivity index (χ1v) is 11.8. The number of nitrogens with one attached hydrogen (secondary N) is 1. The number of sulfone groups is 1. The van der Waals surface area contributed by atoms with Crippen LogP contribution in [0.1, 0.15) is 37.9 Å². The van der Waals surface area contributed by atoms with E-state index in [0.717, 1.165) is 24.4 Å². The first kappa shape index (κ1) is 18.5. The van der Waals surface area contributed by atoms with Crippen molar-refractivity contribution in [2.45, 2.75) is 48.6 Å². The number of nitrogens with zero attached hydrogens (tertiary/aromatic N) is 3. The topological polar surface area (TPSA) is 93.9 Å². The molecule has 1 aliphatic heterocycles. The Kier molecular flexibility index (Phi) is 4.98. The SMILES string of the molecule is C[C@H](Sc1nc(C2CC2)n(-c2ccccc2)n1)C(=O)N[C@@H]1CCS(=O)(=O)C1. The van der Waals surface area contributed by atoms with Crippen LogP contribution in [-0.4, -0.2) is 51.9 Å². The fraction of sp³-hybridized carbons (Fsp3) is 0.500. The molecule has 1 N–H and O–H groups in total. The maximum atomic E-state index is 12.4. The van der Waals surface area contributed by atoms with E-state index < -0.39 is 15.1 Å². The molecule has 0 unspecified atom stereocenters. The molecular weight excluding hydrogens is 384 g/mol. The highest BCUT2D eigenvalue weighted by Gasteiger charge is 2.32. The number of carbonyl (C=O) groups excluding carboxylic acids is 1. The lowest BCUT2D eigenvalue weighted by Gasteiger charge is -2.14. The lowest BCUT2D eigenvalue weighted by molar-refractivity contribution is -0.120. The molecule has 2 heterocycles. The van der Waals surface area contributed by atoms with Crippen LogP contribution in [0.25, 0.3) is 5.69 Å². The molecule has 1 aromatic carbocycles. The highest BCUT2D eigenvalue weighted by Crippen LogP contribution is 2.40. The van der Waals surface area contributed by atoms with Crippen molar-refractivity contribution in [3.05, 3.63) is 36.2 Å². The first-order valence-electron chi connectivity index (χ1n) is 9.11. The van der Waals surface area contributed by atoms with Gasteiger partial charge in [0.15, 0.2) is 9.84 Å². The second-order valence-corrected chi connectivity index (χ2v) is 10.7. The molecule has 4 rings (SSSR count). The summed E-state index contributed by atoms with van der Waals surface area (Å²) in [6.07, 6.45) is 2.71. The minimum absolute atomic E-state index is 0.0306. The molecule has 1 saturated heterocycles. The van der Waals surface area contributed by atoms with E-state index in [4.69, 9.17) is 0 Å². The fourth-order valence-corrected chi connectivity index (χ4v) is 5.60. The Hall–Kier alpha value is -1.87. The number of rotatable bonds is 6. The summed E-state index contributed by atoms with van der Waals surface area (Å²) in [6, 6.07) is 9.58. The van der Waals surface area contributed by atoms with E-state index in [1.807, 2.05) is 35.0 Å². The minimum atomic E-state index is -3.01. The number of para-hydroxylation sites is 1. The number of hydrogen-bond acceptors (Lipinski definition) is 6. The van der Waals surface area contributed by atoms with Crippen LogP contribution >= 0.6 is 11.8 Å². The average Bonchev–Trinajstić information content (AvgIpc) is 3.31. The zero-order valence-electron chi connectivity index (χ0n) is 15.0. The number of benzene rings is 1. The van der Waals surface area contributed by atoms with E-state index in [9.17, 15) is 13.2 Å². The van der Waals surface area contributed by atoms with Gasteiger partial charge in [-0.25, -0.2) is 18.1 Å². The van der Waals surface area contributed by atoms with Crippen molar-refractivity contribution >= 4 is 27.5 Å². The second-order valence-electron chi connectivity index (χ2n) is 7.14. The normalized spacial score (nSPS) is 22.5. The summed E-state index contributed by atoms with van der Waals surface area (Å²) in [6.45, 7) is 1.80. The van der Waals surface area contributed by atoms with Gasteiger partial charge < -0.3 is 5.32 Å². The first-order chi connectivity index (χ1) is 12.9. The summed E-state index contributed by atoms with van der Waals surface area (Å²) in [5.74, 6) is 1.38. The molecule has 9 heteroatoms. The third kappa shape index (κ3) is 4.35. The molecule has 2 atom stereocenters. The van der Waals surface area contributed by atoms with Crippen LogP contribution in [0.4, 0.5) is 0 Å². The van der Waals surface area contributed by atoms with E-state index in [1.165, 1.54) is 11.8 Å². The molecule has 2 fully saturated rings. The lowest BCUT2D eigenvalue weighted by atomic mass is 10.2. The monoisotopic (exact) mass is 406 g/mol. The van der Waals surface area contributed by atoms with Crippen LogP contribution in [0.5, 0.6) is 0 Å². The maximum absolute atomic E-state index is 12.4. The minimum Gasteiger partial charge on any atom is -0.351 e. The van der Waals surface area contributed by atoms with Gasteiger partial charge in [-0.3, -0.25) is 4.79 Å². The number of aromatic nitrogens is 3. The summed E-state index contributed by atoms with van der Waals surface area (Å²) < 4.78 is 25.0. The van der Waals surface area contributed by atoms with Gasteiger partial charge >= 0.3 is 0 Å². The van der Waals surface area contributed by atoms with Crippen molar-refractivity contribution in [2.75, 3.05) is 11.5 Å². The number of carbonyl (C=O) groups is 1. The van der Waals surface area contributed by atoms with Crippen LogP contribution in [0.3, 0.4) is 0 Å². The highest BCUT2D eigenvalue weighted by atomic mass is 32.2. The third-order valence-corrected chi connectivity index (χ3v) is 7.51. The Morgan fingerprint density at radius 2 is 2.00 bits per heavy atom. The Morgan fingerprint density at radius 1 is 1.26 bits per heavy atom. The zero-order chi connectivity index (χ0) is 19.0. The number of amides is 1. The van der Waals surface area contributed by atoms with Crippen LogP contribution in [-0.2, 0) is 14.6 Å². The van der Waals surface area contributed by atoms with Gasteiger partial charge in [-0.15, -0.1) is 5.10 Å². The molecule has 1 saturated carbocycles. The van der Waals surface area contributed by atoms with Crippen LogP contribution in [0.15, 0.2) is 35.5 Å². The third-order valence-electron chi connectivity index (χ3n) is 4.79. The summed E-state index contributed by atoms with van der Waals surface area (Å²) in [4.78, 5) is 17.1. The van der Waals surface area contributed by atoms with Crippen molar-refractivity contribution in [1.29, 1.82) is 0 Å². The molecule has 0 bridgehead atoms. The smallest absolute Gasteiger partial charge is 0.233 e. The molecule has 7 nitrogen and oxygen atoms in total. The van der Waals surface area contributed by atoms with Crippen molar-refractivity contribution in [2.24, 2.45) is 0 Å². The summed E-state index contributed by atoms with van der Waals surface area (Å²) in [5, 5.41) is 7.63. The Bertz CT molecular complexity index is 939. The molecular formula is C18H22N4O3S2. The highest BCUT2D eigenvalue weighted by molar-refractivity contribution is 8.00.